The van der Waals surface area contributed by atoms with Crippen LogP contribution < -0.4 is 0 Å². The van der Waals surface area contributed by atoms with Crippen LogP contribution in [-0.4, -0.2) is 52.7 Å². The first kappa shape index (κ1) is 31.5. The van der Waals surface area contributed by atoms with Gasteiger partial charge in [0.15, 0.2) is 23.8 Å². The number of carbonyl (C=O) groups excluding carboxylic acids is 5. The van der Waals surface area contributed by atoms with Crippen molar-refractivity contribution in [2.75, 3.05) is 6.61 Å². The van der Waals surface area contributed by atoms with Crippen molar-refractivity contribution in [3.05, 3.63) is 107 Å². The van der Waals surface area contributed by atoms with E-state index in [1.165, 1.54) is 6.92 Å². The van der Waals surface area contributed by atoms with E-state index in [0.717, 1.165) is 16.7 Å². The summed E-state index contributed by atoms with van der Waals surface area (Å²) in [5, 5.41) is 11.8. The van der Waals surface area contributed by atoms with E-state index in [2.05, 4.69) is 0 Å². The van der Waals surface area contributed by atoms with Crippen LogP contribution in [0.2, 0.25) is 0 Å². The summed E-state index contributed by atoms with van der Waals surface area (Å²) >= 11 is 0. The molecule has 2 aromatic rings. The van der Waals surface area contributed by atoms with Gasteiger partial charge in [0.25, 0.3) is 0 Å². The van der Waals surface area contributed by atoms with Crippen molar-refractivity contribution in [3.63, 3.8) is 0 Å². The average Bonchev–Trinajstić information content (AvgIpc) is 3.35. The first-order chi connectivity index (χ1) is 21.9. The average molecular weight is 623 g/mol. The molecule has 0 aromatic heterocycles. The quantitative estimate of drug-likeness (QED) is 0.176. The van der Waals surface area contributed by atoms with Gasteiger partial charge in [0.05, 0.1) is 11.7 Å². The lowest BCUT2D eigenvalue weighted by Gasteiger charge is -2.53. The van der Waals surface area contributed by atoms with E-state index in [4.69, 9.17) is 9.47 Å². The molecule has 46 heavy (non-hydrogen) atoms. The van der Waals surface area contributed by atoms with E-state index in [0.29, 0.717) is 24.8 Å². The standard InChI is InChI=1S/C38H38O8/c1-23(33(42)24-10-6-4-7-11-24)34(43)45-22-31(41)38(46-35(44)25-12-8-5-9-13-25)19-17-29-28-15-14-26-20-27(39)16-18-36(26,2)32(28)30(40)21-37(29,38)3/h4-13,16,18,20,23,29-30,40H,14-15,17,19,21-22H2,1-3H3/t23?,29-,30-,36-,37-,38-/m0/s1. The van der Waals surface area contributed by atoms with Gasteiger partial charge >= 0.3 is 11.9 Å². The SMILES string of the molecule is CC(C(=O)OCC(=O)[C@@]1(OC(=O)c2ccccc2)CC[C@H]2C3=C([C@@H](O)C[C@@]21C)[C@@]1(C)C=CC(=O)C=C1CC3)C(=O)c1ccccc1. The Labute approximate surface area is 268 Å². The predicted octanol–water partition coefficient (Wildman–Crippen LogP) is 5.56. The molecule has 4 aliphatic rings. The van der Waals surface area contributed by atoms with Crippen molar-refractivity contribution >= 4 is 29.3 Å². The van der Waals surface area contributed by atoms with Crippen molar-refractivity contribution < 1.29 is 38.6 Å². The first-order valence-corrected chi connectivity index (χ1v) is 15.8. The number of ether oxygens (including phenoxy) is 2. The Morgan fingerprint density at radius 3 is 2.28 bits per heavy atom. The van der Waals surface area contributed by atoms with Gasteiger partial charge in [0.2, 0.25) is 5.78 Å². The number of aliphatic hydroxyl groups is 1. The van der Waals surface area contributed by atoms with Crippen LogP contribution in [0.3, 0.4) is 0 Å². The molecule has 8 nitrogen and oxygen atoms in total. The van der Waals surface area contributed by atoms with Gasteiger partial charge in [-0.2, -0.15) is 0 Å². The van der Waals surface area contributed by atoms with Crippen LogP contribution >= 0.6 is 0 Å². The van der Waals surface area contributed by atoms with Crippen molar-refractivity contribution in [1.29, 1.82) is 0 Å². The number of hydrogen-bond acceptors (Lipinski definition) is 8. The molecule has 0 aliphatic heterocycles. The molecule has 1 unspecified atom stereocenters. The molecule has 0 saturated heterocycles. The summed E-state index contributed by atoms with van der Waals surface area (Å²) in [6, 6.07) is 16.8. The van der Waals surface area contributed by atoms with Crippen LogP contribution in [0.4, 0.5) is 0 Å². The Hall–Kier alpha value is -4.43. The summed E-state index contributed by atoms with van der Waals surface area (Å²) in [6.07, 6.45) is 6.18. The molecule has 0 amide bonds. The Balaban J connectivity index is 1.33. The smallest absolute Gasteiger partial charge is 0.339 e. The largest absolute Gasteiger partial charge is 0.457 e. The second-order valence-corrected chi connectivity index (χ2v) is 13.3. The van der Waals surface area contributed by atoms with Crippen LogP contribution in [0.1, 0.15) is 73.6 Å². The Morgan fingerprint density at radius 2 is 1.61 bits per heavy atom. The van der Waals surface area contributed by atoms with Gasteiger partial charge in [-0.05, 0) is 81.7 Å². The van der Waals surface area contributed by atoms with E-state index < -0.39 is 58.6 Å². The number of esters is 2. The van der Waals surface area contributed by atoms with Gasteiger partial charge in [0, 0.05) is 16.4 Å². The van der Waals surface area contributed by atoms with Crippen LogP contribution in [-0.2, 0) is 23.9 Å². The molecule has 0 heterocycles. The topological polar surface area (TPSA) is 124 Å². The van der Waals surface area contributed by atoms with E-state index in [1.54, 1.807) is 72.8 Å². The molecule has 6 rings (SSSR count). The van der Waals surface area contributed by atoms with E-state index >= 15 is 0 Å². The second kappa shape index (κ2) is 11.7. The highest BCUT2D eigenvalue weighted by molar-refractivity contribution is 6.08. The highest BCUT2D eigenvalue weighted by Crippen LogP contribution is 2.65. The van der Waals surface area contributed by atoms with Gasteiger partial charge in [-0.15, -0.1) is 0 Å². The number of aliphatic hydroxyl groups excluding tert-OH is 1. The minimum atomic E-state index is -1.70. The number of allylic oxidation sites excluding steroid dienone is 5. The fraction of sp³-hybridized carbons (Fsp3) is 0.395. The third-order valence-electron chi connectivity index (χ3n) is 10.9. The Bertz CT molecular complexity index is 1700. The molecule has 1 N–H and O–H groups in total. The lowest BCUT2D eigenvalue weighted by atomic mass is 9.52. The summed E-state index contributed by atoms with van der Waals surface area (Å²) in [5.74, 6) is -3.96. The molecule has 1 saturated carbocycles. The molecule has 0 spiro atoms. The summed E-state index contributed by atoms with van der Waals surface area (Å²) in [6.45, 7) is 4.64. The fourth-order valence-electron chi connectivity index (χ4n) is 8.39. The number of hydrogen-bond donors (Lipinski definition) is 1. The zero-order valence-electron chi connectivity index (χ0n) is 26.3. The van der Waals surface area contributed by atoms with Crippen molar-refractivity contribution in [1.82, 2.24) is 0 Å². The summed E-state index contributed by atoms with van der Waals surface area (Å²) < 4.78 is 11.7. The lowest BCUT2D eigenvalue weighted by Crippen LogP contribution is -2.59. The van der Waals surface area contributed by atoms with Crippen LogP contribution in [0.5, 0.6) is 0 Å². The van der Waals surface area contributed by atoms with Crippen LogP contribution in [0.25, 0.3) is 0 Å². The lowest BCUT2D eigenvalue weighted by molar-refractivity contribution is -0.166. The monoisotopic (exact) mass is 622 g/mol. The second-order valence-electron chi connectivity index (χ2n) is 13.3. The minimum Gasteiger partial charge on any atom is -0.457 e. The number of benzene rings is 2. The number of fused-ring (bicyclic) bond motifs is 4. The summed E-state index contributed by atoms with van der Waals surface area (Å²) in [7, 11) is 0. The molecule has 0 bridgehead atoms. The van der Waals surface area contributed by atoms with E-state index in [1.807, 2.05) is 19.9 Å². The highest BCUT2D eigenvalue weighted by atomic mass is 16.6. The van der Waals surface area contributed by atoms with Gasteiger partial charge < -0.3 is 14.6 Å². The molecule has 6 atom stereocenters. The third kappa shape index (κ3) is 4.99. The molecule has 2 aromatic carbocycles. The van der Waals surface area contributed by atoms with E-state index in [-0.39, 0.29) is 30.1 Å². The Kier molecular flexibility index (Phi) is 8.05. The maximum atomic E-state index is 14.4. The van der Waals surface area contributed by atoms with Crippen molar-refractivity contribution in [2.45, 2.75) is 64.6 Å². The minimum absolute atomic E-state index is 0.0701. The van der Waals surface area contributed by atoms with Gasteiger partial charge in [-0.3, -0.25) is 19.2 Å². The van der Waals surface area contributed by atoms with Gasteiger partial charge in [0.1, 0.15) is 5.92 Å². The normalized spacial score (nSPS) is 30.3. The summed E-state index contributed by atoms with van der Waals surface area (Å²) in [5.41, 5.74) is 0.141. The van der Waals surface area contributed by atoms with Gasteiger partial charge in [-0.25, -0.2) is 4.79 Å². The Morgan fingerprint density at radius 1 is 0.957 bits per heavy atom. The first-order valence-electron chi connectivity index (χ1n) is 15.8. The molecule has 0 radical (unpaired) electrons. The number of Topliss-reactive ketones (excluding diaryl/α,β-unsaturated/α-hetero) is 2. The third-order valence-corrected chi connectivity index (χ3v) is 10.9. The molecule has 8 heteroatoms. The maximum absolute atomic E-state index is 14.4. The number of rotatable bonds is 8. The molecule has 238 valence electrons. The number of ketones is 3. The zero-order chi connectivity index (χ0) is 32.9. The molecular weight excluding hydrogens is 584 g/mol. The maximum Gasteiger partial charge on any atom is 0.339 e. The molecular formula is C38H38O8. The molecule has 4 aliphatic carbocycles. The van der Waals surface area contributed by atoms with Gasteiger partial charge in [-0.1, -0.05) is 72.7 Å². The molecule has 1 fully saturated rings. The highest BCUT2D eigenvalue weighted by Gasteiger charge is 2.68. The fourth-order valence-corrected chi connectivity index (χ4v) is 8.39. The summed E-state index contributed by atoms with van der Waals surface area (Å²) in [4.78, 5) is 66.1. The van der Waals surface area contributed by atoms with Crippen LogP contribution in [0.15, 0.2) is 95.6 Å². The van der Waals surface area contributed by atoms with Crippen molar-refractivity contribution in [3.8, 4) is 0 Å². The van der Waals surface area contributed by atoms with Crippen molar-refractivity contribution in [2.24, 2.45) is 22.7 Å². The number of carbonyl (C=O) groups is 5. The van der Waals surface area contributed by atoms with E-state index in [9.17, 15) is 29.1 Å². The predicted molar refractivity (Wildman–Crippen MR) is 169 cm³/mol. The van der Waals surface area contributed by atoms with Crippen LogP contribution in [0, 0.1) is 22.7 Å². The zero-order valence-corrected chi connectivity index (χ0v) is 26.3.